The van der Waals surface area contributed by atoms with E-state index in [9.17, 15) is 0 Å². The van der Waals surface area contributed by atoms with E-state index in [-0.39, 0.29) is 5.54 Å². The normalized spacial score (nSPS) is 28.8. The highest BCUT2D eigenvalue weighted by Gasteiger charge is 2.27. The SMILES string of the molecule is CN(CCC1(N)CCCCC1)CC1CCCO1. The van der Waals surface area contributed by atoms with Gasteiger partial charge in [-0.1, -0.05) is 19.3 Å². The minimum absolute atomic E-state index is 0.128. The maximum Gasteiger partial charge on any atom is 0.0702 e. The van der Waals surface area contributed by atoms with Crippen LogP contribution >= 0.6 is 0 Å². The smallest absolute Gasteiger partial charge is 0.0702 e. The summed E-state index contributed by atoms with van der Waals surface area (Å²) >= 11 is 0. The zero-order chi connectivity index (χ0) is 12.1. The minimum Gasteiger partial charge on any atom is -0.377 e. The van der Waals surface area contributed by atoms with Crippen LogP contribution in [0, 0.1) is 0 Å². The van der Waals surface area contributed by atoms with E-state index in [2.05, 4.69) is 11.9 Å². The van der Waals surface area contributed by atoms with E-state index in [0.717, 1.165) is 26.1 Å². The molecule has 0 aromatic heterocycles. The van der Waals surface area contributed by atoms with Gasteiger partial charge in [0.2, 0.25) is 0 Å². The summed E-state index contributed by atoms with van der Waals surface area (Å²) in [6.07, 6.45) is 10.6. The van der Waals surface area contributed by atoms with Crippen molar-refractivity contribution in [2.45, 2.75) is 63.0 Å². The molecule has 1 heterocycles. The summed E-state index contributed by atoms with van der Waals surface area (Å²) in [5.41, 5.74) is 6.59. The topological polar surface area (TPSA) is 38.5 Å². The van der Waals surface area contributed by atoms with Crippen LogP contribution in [0.1, 0.15) is 51.4 Å². The predicted molar refractivity (Wildman–Crippen MR) is 71.1 cm³/mol. The predicted octanol–water partition coefficient (Wildman–Crippen LogP) is 2.15. The minimum atomic E-state index is 0.128. The van der Waals surface area contributed by atoms with Crippen LogP contribution in [0.15, 0.2) is 0 Å². The van der Waals surface area contributed by atoms with Crippen LogP contribution in [0.2, 0.25) is 0 Å². The fourth-order valence-corrected chi connectivity index (χ4v) is 3.15. The molecule has 0 aromatic carbocycles. The summed E-state index contributed by atoms with van der Waals surface area (Å²) in [7, 11) is 2.20. The Bertz CT molecular complexity index is 220. The molecule has 0 aromatic rings. The van der Waals surface area contributed by atoms with E-state index in [1.807, 2.05) is 0 Å². The van der Waals surface area contributed by atoms with Crippen LogP contribution < -0.4 is 5.73 Å². The number of rotatable bonds is 5. The second-order valence-electron chi connectivity index (χ2n) is 6.07. The lowest BCUT2D eigenvalue weighted by molar-refractivity contribution is 0.0778. The van der Waals surface area contributed by atoms with E-state index in [0.29, 0.717) is 6.10 Å². The number of hydrogen-bond donors (Lipinski definition) is 1. The van der Waals surface area contributed by atoms with Crippen molar-refractivity contribution in [2.24, 2.45) is 5.73 Å². The highest BCUT2D eigenvalue weighted by atomic mass is 16.5. The highest BCUT2D eigenvalue weighted by molar-refractivity contribution is 4.88. The zero-order valence-corrected chi connectivity index (χ0v) is 11.3. The van der Waals surface area contributed by atoms with E-state index < -0.39 is 0 Å². The fourth-order valence-electron chi connectivity index (χ4n) is 3.15. The molecule has 17 heavy (non-hydrogen) atoms. The molecule has 2 N–H and O–H groups in total. The molecule has 1 atom stereocenters. The van der Waals surface area contributed by atoms with Crippen molar-refractivity contribution >= 4 is 0 Å². The first-order valence-electron chi connectivity index (χ1n) is 7.27. The summed E-state index contributed by atoms with van der Waals surface area (Å²) in [6, 6.07) is 0. The number of likely N-dealkylation sites (N-methyl/N-ethyl adjacent to an activating group) is 1. The van der Waals surface area contributed by atoms with E-state index >= 15 is 0 Å². The third-order valence-electron chi connectivity index (χ3n) is 4.38. The van der Waals surface area contributed by atoms with E-state index in [1.165, 1.54) is 44.9 Å². The Balaban J connectivity index is 1.65. The largest absolute Gasteiger partial charge is 0.377 e. The second kappa shape index (κ2) is 6.17. The van der Waals surface area contributed by atoms with Gasteiger partial charge in [-0.3, -0.25) is 0 Å². The maximum atomic E-state index is 6.46. The summed E-state index contributed by atoms with van der Waals surface area (Å²) in [5, 5.41) is 0. The molecule has 100 valence electrons. The molecule has 1 saturated carbocycles. The Morgan fingerprint density at radius 2 is 2.00 bits per heavy atom. The molecule has 3 heteroatoms. The van der Waals surface area contributed by atoms with Crippen LogP contribution in [-0.2, 0) is 4.74 Å². The van der Waals surface area contributed by atoms with Crippen LogP contribution in [0.5, 0.6) is 0 Å². The van der Waals surface area contributed by atoms with Gasteiger partial charge in [0.05, 0.1) is 6.10 Å². The standard InChI is InChI=1S/C14H28N2O/c1-16(12-13-6-5-11-17-13)10-9-14(15)7-3-2-4-8-14/h13H,2-12,15H2,1H3. The van der Waals surface area contributed by atoms with Crippen LogP contribution in [0.3, 0.4) is 0 Å². The quantitative estimate of drug-likeness (QED) is 0.800. The summed E-state index contributed by atoms with van der Waals surface area (Å²) in [6.45, 7) is 3.16. The van der Waals surface area contributed by atoms with Crippen molar-refractivity contribution in [2.75, 3.05) is 26.7 Å². The molecule has 0 amide bonds. The van der Waals surface area contributed by atoms with E-state index in [4.69, 9.17) is 10.5 Å². The Hall–Kier alpha value is -0.120. The lowest BCUT2D eigenvalue weighted by atomic mass is 9.80. The monoisotopic (exact) mass is 240 g/mol. The average Bonchev–Trinajstić information content (AvgIpc) is 2.80. The van der Waals surface area contributed by atoms with Crippen molar-refractivity contribution in [1.29, 1.82) is 0 Å². The van der Waals surface area contributed by atoms with Gasteiger partial charge in [0.15, 0.2) is 0 Å². The Labute approximate surface area is 106 Å². The van der Waals surface area contributed by atoms with Crippen molar-refractivity contribution in [3.63, 3.8) is 0 Å². The molecular weight excluding hydrogens is 212 g/mol. The Morgan fingerprint density at radius 1 is 1.24 bits per heavy atom. The molecule has 1 aliphatic carbocycles. The molecule has 0 spiro atoms. The number of nitrogens with two attached hydrogens (primary N) is 1. The second-order valence-corrected chi connectivity index (χ2v) is 6.07. The Kier molecular flexibility index (Phi) is 4.83. The van der Waals surface area contributed by atoms with Gasteiger partial charge in [0.1, 0.15) is 0 Å². The van der Waals surface area contributed by atoms with Crippen molar-refractivity contribution in [3.8, 4) is 0 Å². The van der Waals surface area contributed by atoms with Crippen molar-refractivity contribution in [3.05, 3.63) is 0 Å². The number of nitrogens with zero attached hydrogens (tertiary/aromatic N) is 1. The van der Waals surface area contributed by atoms with Gasteiger partial charge in [-0.2, -0.15) is 0 Å². The summed E-state index contributed by atoms with van der Waals surface area (Å²) in [4.78, 5) is 2.40. The van der Waals surface area contributed by atoms with E-state index in [1.54, 1.807) is 0 Å². The van der Waals surface area contributed by atoms with Gasteiger partial charge in [-0.25, -0.2) is 0 Å². The summed E-state index contributed by atoms with van der Waals surface area (Å²) < 4.78 is 5.67. The molecule has 2 fully saturated rings. The highest BCUT2D eigenvalue weighted by Crippen LogP contribution is 2.28. The molecule has 0 bridgehead atoms. The molecule has 1 aliphatic heterocycles. The molecule has 3 nitrogen and oxygen atoms in total. The number of hydrogen-bond acceptors (Lipinski definition) is 3. The zero-order valence-electron chi connectivity index (χ0n) is 11.3. The first-order chi connectivity index (χ1) is 8.18. The maximum absolute atomic E-state index is 6.46. The molecule has 1 unspecified atom stereocenters. The first-order valence-corrected chi connectivity index (χ1v) is 7.27. The van der Waals surface area contributed by atoms with Gasteiger partial charge in [-0.05, 0) is 45.7 Å². The lowest BCUT2D eigenvalue weighted by Crippen LogP contribution is -2.44. The average molecular weight is 240 g/mol. The van der Waals surface area contributed by atoms with Gasteiger partial charge in [0.25, 0.3) is 0 Å². The van der Waals surface area contributed by atoms with Gasteiger partial charge < -0.3 is 15.4 Å². The van der Waals surface area contributed by atoms with Crippen LogP contribution in [0.25, 0.3) is 0 Å². The number of ether oxygens (including phenoxy) is 1. The van der Waals surface area contributed by atoms with Crippen LogP contribution in [-0.4, -0.2) is 43.3 Å². The summed E-state index contributed by atoms with van der Waals surface area (Å²) in [5.74, 6) is 0. The van der Waals surface area contributed by atoms with Gasteiger partial charge in [0, 0.05) is 18.7 Å². The molecule has 2 rings (SSSR count). The Morgan fingerprint density at radius 3 is 2.65 bits per heavy atom. The fraction of sp³-hybridized carbons (Fsp3) is 1.00. The molecule has 1 saturated heterocycles. The third kappa shape index (κ3) is 4.23. The van der Waals surface area contributed by atoms with Gasteiger partial charge >= 0.3 is 0 Å². The molecule has 2 aliphatic rings. The van der Waals surface area contributed by atoms with Crippen molar-refractivity contribution < 1.29 is 4.74 Å². The first kappa shape index (κ1) is 13.3. The van der Waals surface area contributed by atoms with Gasteiger partial charge in [-0.15, -0.1) is 0 Å². The molecule has 0 radical (unpaired) electrons. The molecular formula is C14H28N2O. The third-order valence-corrected chi connectivity index (χ3v) is 4.38. The van der Waals surface area contributed by atoms with Crippen LogP contribution in [0.4, 0.5) is 0 Å². The lowest BCUT2D eigenvalue weighted by Gasteiger charge is -2.35. The van der Waals surface area contributed by atoms with Crippen molar-refractivity contribution in [1.82, 2.24) is 4.90 Å².